The zero-order valence-corrected chi connectivity index (χ0v) is 11.7. The molecule has 0 unspecified atom stereocenters. The maximum Gasteiger partial charge on any atom is 0.240 e. The van der Waals surface area contributed by atoms with Gasteiger partial charge >= 0.3 is 0 Å². The molecule has 1 aromatic rings. The van der Waals surface area contributed by atoms with Crippen LogP contribution in [0.2, 0.25) is 0 Å². The van der Waals surface area contributed by atoms with Gasteiger partial charge in [-0.2, -0.15) is 0 Å². The summed E-state index contributed by atoms with van der Waals surface area (Å²) in [6.45, 7) is 4.01. The third kappa shape index (κ3) is 3.96. The maximum atomic E-state index is 11.9. The smallest absolute Gasteiger partial charge is 0.240 e. The topological polar surface area (TPSA) is 70.6 Å². The molecular formula is C14H15N3O2S. The summed E-state index contributed by atoms with van der Waals surface area (Å²) >= 11 is 1.28. The fraction of sp³-hybridized carbons (Fsp3) is 0.214. The molecule has 1 saturated heterocycles. The molecule has 2 amide bonds. The number of carbonyl (C=O) groups excluding carboxylic acids is 2. The van der Waals surface area contributed by atoms with Crippen molar-refractivity contribution in [3.63, 3.8) is 0 Å². The number of aliphatic imine (C=N–C) groups is 1. The second kappa shape index (κ2) is 6.91. The van der Waals surface area contributed by atoms with Gasteiger partial charge in [-0.3, -0.25) is 14.6 Å². The van der Waals surface area contributed by atoms with Crippen LogP contribution >= 0.6 is 11.8 Å². The predicted octanol–water partition coefficient (Wildman–Crippen LogP) is 1.79. The number of hydrogen-bond donors (Lipinski definition) is 2. The molecule has 2 rings (SSSR count). The zero-order chi connectivity index (χ0) is 14.4. The van der Waals surface area contributed by atoms with Crippen LogP contribution in [0.5, 0.6) is 0 Å². The quantitative estimate of drug-likeness (QED) is 0.812. The molecule has 1 aliphatic rings. The number of amides is 2. The molecule has 0 aromatic heterocycles. The SMILES string of the molecule is C=CCN=C1NC(=O)[C@H](CC(=O)Nc2ccccc2)S1. The molecule has 1 heterocycles. The van der Waals surface area contributed by atoms with Crippen LogP contribution in [0.1, 0.15) is 6.42 Å². The Balaban J connectivity index is 1.89. The highest BCUT2D eigenvalue weighted by Gasteiger charge is 2.31. The summed E-state index contributed by atoms with van der Waals surface area (Å²) in [4.78, 5) is 27.7. The Hall–Kier alpha value is -2.08. The van der Waals surface area contributed by atoms with Crippen molar-refractivity contribution in [1.29, 1.82) is 0 Å². The fourth-order valence-electron chi connectivity index (χ4n) is 1.66. The summed E-state index contributed by atoms with van der Waals surface area (Å²) in [5.41, 5.74) is 0.724. The second-order valence-electron chi connectivity index (χ2n) is 4.15. The first-order chi connectivity index (χ1) is 9.69. The number of benzene rings is 1. The third-order valence-electron chi connectivity index (χ3n) is 2.57. The van der Waals surface area contributed by atoms with E-state index in [-0.39, 0.29) is 18.2 Å². The number of thioether (sulfide) groups is 1. The van der Waals surface area contributed by atoms with Crippen LogP contribution in [0.3, 0.4) is 0 Å². The number of anilines is 1. The molecule has 104 valence electrons. The number of nitrogens with one attached hydrogen (secondary N) is 2. The highest BCUT2D eigenvalue weighted by Crippen LogP contribution is 2.22. The van der Waals surface area contributed by atoms with Crippen LogP contribution in [0.4, 0.5) is 5.69 Å². The van der Waals surface area contributed by atoms with E-state index in [0.29, 0.717) is 11.7 Å². The maximum absolute atomic E-state index is 11.9. The molecule has 20 heavy (non-hydrogen) atoms. The Kier molecular flexibility index (Phi) is 4.95. The Bertz CT molecular complexity index is 543. The minimum atomic E-state index is -0.428. The van der Waals surface area contributed by atoms with Gasteiger partial charge in [0.1, 0.15) is 5.25 Å². The molecule has 0 saturated carbocycles. The van der Waals surface area contributed by atoms with E-state index in [9.17, 15) is 9.59 Å². The first-order valence-electron chi connectivity index (χ1n) is 6.17. The standard InChI is InChI=1S/C14H15N3O2S/c1-2-8-15-14-17-13(19)11(20-14)9-12(18)16-10-6-4-3-5-7-10/h2-7,11H,1,8-9H2,(H,16,18)(H,15,17,19)/t11-/m0/s1. The van der Waals surface area contributed by atoms with Gasteiger partial charge in [-0.15, -0.1) is 6.58 Å². The molecule has 0 radical (unpaired) electrons. The first-order valence-corrected chi connectivity index (χ1v) is 7.05. The largest absolute Gasteiger partial charge is 0.326 e. The molecule has 1 atom stereocenters. The van der Waals surface area contributed by atoms with Crippen molar-refractivity contribution in [2.75, 3.05) is 11.9 Å². The van der Waals surface area contributed by atoms with Crippen molar-refractivity contribution in [2.45, 2.75) is 11.7 Å². The average Bonchev–Trinajstić information content (AvgIpc) is 2.78. The molecule has 0 spiro atoms. The summed E-state index contributed by atoms with van der Waals surface area (Å²) in [6.07, 6.45) is 1.77. The van der Waals surface area contributed by atoms with E-state index in [1.165, 1.54) is 11.8 Å². The van der Waals surface area contributed by atoms with Gasteiger partial charge in [-0.1, -0.05) is 36.0 Å². The summed E-state index contributed by atoms with van der Waals surface area (Å²) in [5.74, 6) is -0.366. The Labute approximate surface area is 121 Å². The van der Waals surface area contributed by atoms with E-state index in [0.717, 1.165) is 5.69 Å². The normalized spacial score (nSPS) is 19.7. The van der Waals surface area contributed by atoms with Crippen molar-refractivity contribution < 1.29 is 9.59 Å². The lowest BCUT2D eigenvalue weighted by Gasteiger charge is -2.06. The number of carbonyl (C=O) groups is 2. The zero-order valence-electron chi connectivity index (χ0n) is 10.8. The van der Waals surface area contributed by atoms with Gasteiger partial charge in [-0.25, -0.2) is 0 Å². The third-order valence-corrected chi connectivity index (χ3v) is 3.69. The van der Waals surface area contributed by atoms with Crippen LogP contribution in [0, 0.1) is 0 Å². The lowest BCUT2D eigenvalue weighted by atomic mass is 10.2. The molecule has 5 nitrogen and oxygen atoms in total. The van der Waals surface area contributed by atoms with Crippen molar-refractivity contribution in [2.24, 2.45) is 4.99 Å². The predicted molar refractivity (Wildman–Crippen MR) is 81.7 cm³/mol. The molecule has 6 heteroatoms. The van der Waals surface area contributed by atoms with E-state index >= 15 is 0 Å². The average molecular weight is 289 g/mol. The van der Waals surface area contributed by atoms with Crippen LogP contribution in [0.15, 0.2) is 48.0 Å². The van der Waals surface area contributed by atoms with Crippen LogP contribution in [-0.2, 0) is 9.59 Å². The Morgan fingerprint density at radius 2 is 2.20 bits per heavy atom. The highest BCUT2D eigenvalue weighted by molar-refractivity contribution is 8.15. The van der Waals surface area contributed by atoms with E-state index < -0.39 is 5.25 Å². The Morgan fingerprint density at radius 3 is 2.90 bits per heavy atom. The minimum absolute atomic E-state index is 0.124. The number of para-hydroxylation sites is 1. The molecule has 1 aromatic carbocycles. The van der Waals surface area contributed by atoms with Crippen molar-refractivity contribution in [1.82, 2.24) is 5.32 Å². The second-order valence-corrected chi connectivity index (χ2v) is 5.34. The van der Waals surface area contributed by atoms with Gasteiger partial charge in [0.05, 0.1) is 6.54 Å². The lowest BCUT2D eigenvalue weighted by molar-refractivity contribution is -0.122. The van der Waals surface area contributed by atoms with E-state index in [1.54, 1.807) is 18.2 Å². The van der Waals surface area contributed by atoms with Crippen molar-refractivity contribution in [3.8, 4) is 0 Å². The number of nitrogens with zero attached hydrogens (tertiary/aromatic N) is 1. The van der Waals surface area contributed by atoms with Gasteiger partial charge in [0.15, 0.2) is 5.17 Å². The van der Waals surface area contributed by atoms with E-state index in [1.807, 2.05) is 18.2 Å². The molecule has 1 aliphatic heterocycles. The van der Waals surface area contributed by atoms with Crippen LogP contribution < -0.4 is 10.6 Å². The van der Waals surface area contributed by atoms with E-state index in [4.69, 9.17) is 0 Å². The van der Waals surface area contributed by atoms with Gasteiger partial charge in [0, 0.05) is 12.1 Å². The number of amidine groups is 1. The van der Waals surface area contributed by atoms with Crippen LogP contribution in [-0.4, -0.2) is 28.8 Å². The van der Waals surface area contributed by atoms with Gasteiger partial charge in [-0.05, 0) is 12.1 Å². The summed E-state index contributed by atoms with van der Waals surface area (Å²) in [5, 5.41) is 5.53. The molecule has 0 bridgehead atoms. The number of hydrogen-bond acceptors (Lipinski definition) is 4. The van der Waals surface area contributed by atoms with Gasteiger partial charge < -0.3 is 10.6 Å². The summed E-state index contributed by atoms with van der Waals surface area (Å²) < 4.78 is 0. The molecule has 2 N–H and O–H groups in total. The molecule has 0 aliphatic carbocycles. The summed E-state index contributed by atoms with van der Waals surface area (Å²) in [7, 11) is 0. The summed E-state index contributed by atoms with van der Waals surface area (Å²) in [6, 6.07) is 9.16. The molecular weight excluding hydrogens is 274 g/mol. The fourth-order valence-corrected chi connectivity index (χ4v) is 2.64. The molecule has 1 fully saturated rings. The Morgan fingerprint density at radius 1 is 1.45 bits per heavy atom. The van der Waals surface area contributed by atoms with Gasteiger partial charge in [0.25, 0.3) is 0 Å². The highest BCUT2D eigenvalue weighted by atomic mass is 32.2. The van der Waals surface area contributed by atoms with Crippen LogP contribution in [0.25, 0.3) is 0 Å². The van der Waals surface area contributed by atoms with Crippen molar-refractivity contribution >= 4 is 34.4 Å². The van der Waals surface area contributed by atoms with Gasteiger partial charge in [0.2, 0.25) is 11.8 Å². The minimum Gasteiger partial charge on any atom is -0.326 e. The van der Waals surface area contributed by atoms with E-state index in [2.05, 4.69) is 22.2 Å². The first kappa shape index (κ1) is 14.3. The van der Waals surface area contributed by atoms with Crippen molar-refractivity contribution in [3.05, 3.63) is 43.0 Å². The lowest BCUT2D eigenvalue weighted by Crippen LogP contribution is -2.28. The monoisotopic (exact) mass is 289 g/mol. The number of rotatable bonds is 5.